The van der Waals surface area contributed by atoms with Crippen molar-refractivity contribution in [2.75, 3.05) is 6.54 Å². The van der Waals surface area contributed by atoms with Crippen LogP contribution in [0.15, 0.2) is 55.0 Å². The predicted octanol–water partition coefficient (Wildman–Crippen LogP) is 2.16. The molecule has 1 aromatic carbocycles. The standard InChI is InChI=1S/C23H28N6O.CH2O2/c30-22(26-10-8-18-9-11-27-28-18)23(14-17-4-2-1-3-5-17)15-19-6-7-20(23)29(19)16-21-24-12-13-25-21;2-1-3/h1-5,9,11-13,19-20H,6-8,10,14-16H2,(H,24,25)(H,26,30)(H,27,28);1H,(H,2,3)/t19-,20+,23+;/m0./s1. The van der Waals surface area contributed by atoms with Gasteiger partial charge in [0.1, 0.15) is 5.82 Å². The number of amides is 1. The number of carbonyl (C=O) groups excluding carboxylic acids is 1. The highest BCUT2D eigenvalue weighted by atomic mass is 16.3. The third-order valence-corrected chi connectivity index (χ3v) is 6.82. The maximum absolute atomic E-state index is 13.7. The minimum atomic E-state index is -0.398. The van der Waals surface area contributed by atoms with Crippen molar-refractivity contribution < 1.29 is 14.7 Å². The first-order chi connectivity index (χ1) is 16.2. The molecule has 9 heteroatoms. The number of H-pyrrole nitrogens is 2. The van der Waals surface area contributed by atoms with Crippen LogP contribution in [0.1, 0.15) is 36.3 Å². The van der Waals surface area contributed by atoms with Gasteiger partial charge in [0.25, 0.3) is 6.47 Å². The smallest absolute Gasteiger partial charge is 0.290 e. The number of hydrogen-bond acceptors (Lipinski definition) is 5. The van der Waals surface area contributed by atoms with Crippen molar-refractivity contribution in [1.29, 1.82) is 0 Å². The number of nitrogens with zero attached hydrogens (tertiary/aromatic N) is 3. The van der Waals surface area contributed by atoms with Gasteiger partial charge in [-0.3, -0.25) is 19.6 Å². The molecular formula is C24H30N6O3. The van der Waals surface area contributed by atoms with E-state index in [2.05, 4.69) is 54.6 Å². The molecule has 2 fully saturated rings. The van der Waals surface area contributed by atoms with Crippen LogP contribution >= 0.6 is 0 Å². The molecule has 2 bridgehead atoms. The fourth-order valence-electron chi connectivity index (χ4n) is 5.49. The van der Waals surface area contributed by atoms with Crippen LogP contribution in [0, 0.1) is 5.41 Å². The summed E-state index contributed by atoms with van der Waals surface area (Å²) in [4.78, 5) is 32.2. The lowest BCUT2D eigenvalue weighted by Crippen LogP contribution is -2.50. The largest absolute Gasteiger partial charge is 0.483 e. The number of aromatic nitrogens is 4. The predicted molar refractivity (Wildman–Crippen MR) is 122 cm³/mol. The molecule has 33 heavy (non-hydrogen) atoms. The lowest BCUT2D eigenvalue weighted by Gasteiger charge is -2.36. The Labute approximate surface area is 192 Å². The van der Waals surface area contributed by atoms with Gasteiger partial charge in [-0.2, -0.15) is 5.10 Å². The Hall–Kier alpha value is -3.46. The first kappa shape index (κ1) is 22.7. The Morgan fingerprint density at radius 2 is 2.06 bits per heavy atom. The minimum Gasteiger partial charge on any atom is -0.483 e. The molecule has 9 nitrogen and oxygen atoms in total. The molecule has 2 aliphatic rings. The van der Waals surface area contributed by atoms with Gasteiger partial charge in [-0.1, -0.05) is 30.3 Å². The maximum Gasteiger partial charge on any atom is 0.290 e. The van der Waals surface area contributed by atoms with Gasteiger partial charge < -0.3 is 15.4 Å². The van der Waals surface area contributed by atoms with E-state index >= 15 is 0 Å². The number of aromatic amines is 2. The Bertz CT molecular complexity index is 1010. The molecule has 4 N–H and O–H groups in total. The van der Waals surface area contributed by atoms with E-state index in [4.69, 9.17) is 9.90 Å². The normalized spacial score (nSPS) is 23.6. The van der Waals surface area contributed by atoms with E-state index in [1.807, 2.05) is 18.3 Å². The van der Waals surface area contributed by atoms with Crippen molar-refractivity contribution in [2.45, 2.75) is 50.7 Å². The third-order valence-electron chi connectivity index (χ3n) is 6.82. The molecule has 174 valence electrons. The lowest BCUT2D eigenvalue weighted by molar-refractivity contribution is -0.133. The zero-order valence-electron chi connectivity index (χ0n) is 18.5. The molecule has 1 amide bonds. The summed E-state index contributed by atoms with van der Waals surface area (Å²) in [6, 6.07) is 13.1. The number of carboxylic acid groups (broad SMARTS) is 1. The lowest BCUT2D eigenvalue weighted by atomic mass is 9.69. The second-order valence-electron chi connectivity index (χ2n) is 8.67. The van der Waals surface area contributed by atoms with Gasteiger partial charge in [0.05, 0.1) is 12.0 Å². The van der Waals surface area contributed by atoms with Gasteiger partial charge in [-0.25, -0.2) is 4.98 Å². The third kappa shape index (κ3) is 4.98. The van der Waals surface area contributed by atoms with Gasteiger partial charge in [-0.15, -0.1) is 0 Å². The second kappa shape index (κ2) is 10.4. The van der Waals surface area contributed by atoms with Crippen LogP contribution in [-0.4, -0.2) is 61.2 Å². The fraction of sp³-hybridized carbons (Fsp3) is 0.417. The van der Waals surface area contributed by atoms with E-state index in [-0.39, 0.29) is 18.4 Å². The molecule has 3 atom stereocenters. The highest BCUT2D eigenvalue weighted by Crippen LogP contribution is 2.52. The zero-order chi connectivity index (χ0) is 23.1. The summed E-state index contributed by atoms with van der Waals surface area (Å²) in [7, 11) is 0. The number of fused-ring (bicyclic) bond motifs is 2. The number of rotatable bonds is 8. The topological polar surface area (TPSA) is 127 Å². The molecule has 0 saturated carbocycles. The number of benzene rings is 1. The molecule has 2 aromatic heterocycles. The molecule has 5 rings (SSSR count). The Morgan fingerprint density at radius 1 is 1.24 bits per heavy atom. The average molecular weight is 451 g/mol. The Kier molecular flexibility index (Phi) is 7.19. The first-order valence-electron chi connectivity index (χ1n) is 11.3. The van der Waals surface area contributed by atoms with Crippen LogP contribution in [0.4, 0.5) is 0 Å². The summed E-state index contributed by atoms with van der Waals surface area (Å²) in [5.41, 5.74) is 1.87. The number of hydrogen-bond donors (Lipinski definition) is 4. The van der Waals surface area contributed by atoms with Crippen LogP contribution in [0.2, 0.25) is 0 Å². The molecule has 0 spiro atoms. The Morgan fingerprint density at radius 3 is 2.76 bits per heavy atom. The van der Waals surface area contributed by atoms with Crippen molar-refractivity contribution >= 4 is 12.4 Å². The molecule has 0 aliphatic carbocycles. The van der Waals surface area contributed by atoms with E-state index in [9.17, 15) is 4.79 Å². The number of nitrogens with one attached hydrogen (secondary N) is 3. The molecule has 0 unspecified atom stereocenters. The summed E-state index contributed by atoms with van der Waals surface area (Å²) in [5.74, 6) is 1.16. The van der Waals surface area contributed by atoms with Crippen LogP contribution in [-0.2, 0) is 29.0 Å². The van der Waals surface area contributed by atoms with Gasteiger partial charge in [0, 0.05) is 49.3 Å². The van der Waals surface area contributed by atoms with E-state index in [0.29, 0.717) is 12.6 Å². The van der Waals surface area contributed by atoms with E-state index in [1.54, 1.807) is 12.4 Å². The van der Waals surface area contributed by atoms with Crippen LogP contribution < -0.4 is 5.32 Å². The summed E-state index contributed by atoms with van der Waals surface area (Å²) >= 11 is 0. The van der Waals surface area contributed by atoms with E-state index in [0.717, 1.165) is 50.2 Å². The molecule has 3 aromatic rings. The number of carbonyl (C=O) groups is 2. The van der Waals surface area contributed by atoms with Crippen molar-refractivity contribution in [1.82, 2.24) is 30.4 Å². The molecule has 4 heterocycles. The molecule has 2 aliphatic heterocycles. The monoisotopic (exact) mass is 450 g/mol. The first-order valence-corrected chi connectivity index (χ1v) is 11.3. The zero-order valence-corrected chi connectivity index (χ0v) is 18.5. The quantitative estimate of drug-likeness (QED) is 0.390. The summed E-state index contributed by atoms with van der Waals surface area (Å²) in [6.07, 6.45) is 10.1. The van der Waals surface area contributed by atoms with Crippen molar-refractivity contribution in [3.63, 3.8) is 0 Å². The molecule has 2 saturated heterocycles. The maximum atomic E-state index is 13.7. The highest BCUT2D eigenvalue weighted by Gasteiger charge is 2.59. The van der Waals surface area contributed by atoms with Gasteiger partial charge in [0.2, 0.25) is 5.91 Å². The van der Waals surface area contributed by atoms with Gasteiger partial charge in [-0.05, 0) is 37.3 Å². The average Bonchev–Trinajstić information content (AvgIpc) is 3.62. The number of imidazole rings is 1. The van der Waals surface area contributed by atoms with Crippen molar-refractivity contribution in [3.8, 4) is 0 Å². The van der Waals surface area contributed by atoms with Crippen molar-refractivity contribution in [2.24, 2.45) is 5.41 Å². The Balaban J connectivity index is 0.000000821. The fourth-order valence-corrected chi connectivity index (χ4v) is 5.49. The van der Waals surface area contributed by atoms with Gasteiger partial charge >= 0.3 is 0 Å². The highest BCUT2D eigenvalue weighted by molar-refractivity contribution is 5.84. The summed E-state index contributed by atoms with van der Waals surface area (Å²) in [6.45, 7) is 1.15. The van der Waals surface area contributed by atoms with Crippen LogP contribution in [0.5, 0.6) is 0 Å². The van der Waals surface area contributed by atoms with E-state index < -0.39 is 5.41 Å². The molecule has 0 radical (unpaired) electrons. The summed E-state index contributed by atoms with van der Waals surface area (Å²) < 4.78 is 0. The molecular weight excluding hydrogens is 420 g/mol. The minimum absolute atomic E-state index is 0.183. The van der Waals surface area contributed by atoms with Crippen molar-refractivity contribution in [3.05, 3.63) is 72.1 Å². The SMILES string of the molecule is O=C(NCCc1ccn[nH]1)[C@]1(Cc2ccccc2)C[C@@H]2CC[C@H]1N2Cc1ncc[nH]1.O=CO. The second-order valence-corrected chi connectivity index (χ2v) is 8.67. The van der Waals surface area contributed by atoms with Crippen LogP contribution in [0.25, 0.3) is 0 Å². The van der Waals surface area contributed by atoms with Gasteiger partial charge in [0.15, 0.2) is 0 Å². The summed E-state index contributed by atoms with van der Waals surface area (Å²) in [5, 5.41) is 17.1. The van der Waals surface area contributed by atoms with E-state index in [1.165, 1.54) is 5.56 Å². The van der Waals surface area contributed by atoms with Crippen LogP contribution in [0.3, 0.4) is 0 Å².